The molecule has 0 aliphatic carbocycles. The number of thioether (sulfide) groups is 1. The van der Waals surface area contributed by atoms with Crippen molar-refractivity contribution < 1.29 is 9.18 Å². The molecule has 0 radical (unpaired) electrons. The monoisotopic (exact) mass is 362 g/mol. The zero-order valence-corrected chi connectivity index (χ0v) is 14.9. The van der Waals surface area contributed by atoms with E-state index < -0.39 is 5.54 Å². The van der Waals surface area contributed by atoms with Crippen molar-refractivity contribution in [2.24, 2.45) is 0 Å². The Kier molecular flexibility index (Phi) is 6.09. The van der Waals surface area contributed by atoms with E-state index in [1.165, 1.54) is 6.07 Å². The number of nitrogens with zero attached hydrogens (tertiary/aromatic N) is 2. The number of rotatable bonds is 7. The average Bonchev–Trinajstić information content (AvgIpc) is 3.18. The maximum Gasteiger partial charge on any atom is 0.248 e. The van der Waals surface area contributed by atoms with Crippen molar-refractivity contribution in [3.8, 4) is 0 Å². The number of amides is 1. The normalized spacial score (nSPS) is 16.5. The van der Waals surface area contributed by atoms with E-state index in [-0.39, 0.29) is 11.7 Å². The van der Waals surface area contributed by atoms with Crippen molar-refractivity contribution in [3.05, 3.63) is 54.1 Å². The molecule has 134 valence electrons. The van der Waals surface area contributed by atoms with E-state index in [4.69, 9.17) is 0 Å². The number of halogens is 1. The summed E-state index contributed by atoms with van der Waals surface area (Å²) in [6.45, 7) is 2.17. The van der Waals surface area contributed by atoms with Gasteiger partial charge in [-0.2, -0.15) is 16.9 Å². The van der Waals surface area contributed by atoms with Crippen LogP contribution in [0.5, 0.6) is 0 Å². The third kappa shape index (κ3) is 4.22. The number of nitrogens with one attached hydrogen (secondary N) is 2. The molecule has 0 unspecified atom stereocenters. The van der Waals surface area contributed by atoms with Gasteiger partial charge in [-0.05, 0) is 43.6 Å². The van der Waals surface area contributed by atoms with Crippen LogP contribution in [0.25, 0.3) is 0 Å². The summed E-state index contributed by atoms with van der Waals surface area (Å²) in [6, 6.07) is 8.65. The lowest BCUT2D eigenvalue weighted by atomic mass is 9.87. The highest BCUT2D eigenvalue weighted by atomic mass is 32.2. The second-order valence-electron chi connectivity index (χ2n) is 6.13. The van der Waals surface area contributed by atoms with Crippen molar-refractivity contribution in [1.82, 2.24) is 20.4 Å². The molecular formula is C18H23FN4OS. The van der Waals surface area contributed by atoms with Crippen LogP contribution >= 0.6 is 11.8 Å². The Labute approximate surface area is 151 Å². The number of carbonyl (C=O) groups is 1. The minimum Gasteiger partial charge on any atom is -0.353 e. The molecule has 1 fully saturated rings. The second-order valence-corrected chi connectivity index (χ2v) is 7.24. The summed E-state index contributed by atoms with van der Waals surface area (Å²) in [6.07, 6.45) is 5.02. The van der Waals surface area contributed by atoms with E-state index in [2.05, 4.69) is 15.7 Å². The molecule has 2 N–H and O–H groups in total. The number of benzene rings is 1. The first-order chi connectivity index (χ1) is 12.2. The van der Waals surface area contributed by atoms with Crippen LogP contribution in [0.2, 0.25) is 0 Å². The van der Waals surface area contributed by atoms with Crippen LogP contribution in [-0.2, 0) is 16.1 Å². The molecule has 1 aromatic heterocycles. The van der Waals surface area contributed by atoms with E-state index >= 15 is 0 Å². The molecule has 1 aliphatic rings. The Morgan fingerprint density at radius 1 is 1.32 bits per heavy atom. The minimum absolute atomic E-state index is 0.0178. The highest BCUT2D eigenvalue weighted by Crippen LogP contribution is 2.27. The average molecular weight is 362 g/mol. The van der Waals surface area contributed by atoms with E-state index in [1.807, 2.05) is 18.3 Å². The van der Waals surface area contributed by atoms with Crippen molar-refractivity contribution in [1.29, 1.82) is 0 Å². The predicted molar refractivity (Wildman–Crippen MR) is 97.9 cm³/mol. The minimum atomic E-state index is -0.606. The third-order valence-electron chi connectivity index (χ3n) is 4.54. The molecule has 25 heavy (non-hydrogen) atoms. The van der Waals surface area contributed by atoms with Crippen LogP contribution in [0.1, 0.15) is 18.4 Å². The fraction of sp³-hybridized carbons (Fsp3) is 0.444. The van der Waals surface area contributed by atoms with E-state index in [0.717, 1.165) is 31.7 Å². The van der Waals surface area contributed by atoms with Crippen LogP contribution < -0.4 is 10.6 Å². The van der Waals surface area contributed by atoms with Gasteiger partial charge in [-0.15, -0.1) is 0 Å². The Hall–Kier alpha value is -1.86. The third-order valence-corrected chi connectivity index (χ3v) is 5.55. The van der Waals surface area contributed by atoms with Crippen LogP contribution in [0.3, 0.4) is 0 Å². The Morgan fingerprint density at radius 2 is 2.12 bits per heavy atom. The van der Waals surface area contributed by atoms with Gasteiger partial charge in [-0.3, -0.25) is 9.48 Å². The number of carbonyl (C=O) groups excluding carboxylic acids is 1. The van der Waals surface area contributed by atoms with Gasteiger partial charge in [0.2, 0.25) is 5.91 Å². The highest BCUT2D eigenvalue weighted by Gasteiger charge is 2.41. The summed E-state index contributed by atoms with van der Waals surface area (Å²) >= 11 is 1.62. The van der Waals surface area contributed by atoms with Gasteiger partial charge in [-0.1, -0.05) is 18.2 Å². The quantitative estimate of drug-likeness (QED) is 0.741. The van der Waals surface area contributed by atoms with Crippen molar-refractivity contribution in [3.63, 3.8) is 0 Å². The first-order valence-corrected chi connectivity index (χ1v) is 9.68. The molecule has 0 atom stereocenters. The molecule has 1 saturated heterocycles. The molecule has 1 aromatic carbocycles. The molecule has 3 rings (SSSR count). The van der Waals surface area contributed by atoms with Gasteiger partial charge in [0.25, 0.3) is 0 Å². The van der Waals surface area contributed by atoms with Gasteiger partial charge >= 0.3 is 0 Å². The molecule has 0 spiro atoms. The molecule has 1 amide bonds. The lowest BCUT2D eigenvalue weighted by Crippen LogP contribution is -2.54. The summed E-state index contributed by atoms with van der Waals surface area (Å²) in [5.41, 5.74) is 0.0931. The predicted octanol–water partition coefficient (Wildman–Crippen LogP) is 2.15. The van der Waals surface area contributed by atoms with Crippen LogP contribution in [0.15, 0.2) is 42.7 Å². The molecule has 2 aromatic rings. The molecule has 1 aliphatic heterocycles. The van der Waals surface area contributed by atoms with Crippen LogP contribution in [-0.4, -0.2) is 41.1 Å². The maximum absolute atomic E-state index is 13.6. The summed E-state index contributed by atoms with van der Waals surface area (Å²) in [4.78, 5) is 12.8. The Bertz CT molecular complexity index is 686. The zero-order valence-electron chi connectivity index (χ0n) is 14.1. The van der Waals surface area contributed by atoms with Gasteiger partial charge in [-0.25, -0.2) is 4.39 Å². The van der Waals surface area contributed by atoms with E-state index in [0.29, 0.717) is 17.9 Å². The summed E-state index contributed by atoms with van der Waals surface area (Å²) in [5, 5.41) is 10.6. The number of hydrogen-bond donors (Lipinski definition) is 2. The van der Waals surface area contributed by atoms with E-state index in [1.54, 1.807) is 34.8 Å². The maximum atomic E-state index is 13.6. The second kappa shape index (κ2) is 8.49. The fourth-order valence-electron chi connectivity index (χ4n) is 3.12. The summed E-state index contributed by atoms with van der Waals surface area (Å²) in [5.74, 6) is 1.19. The molecule has 2 heterocycles. The zero-order chi connectivity index (χ0) is 17.5. The van der Waals surface area contributed by atoms with Crippen LogP contribution in [0, 0.1) is 5.82 Å². The standard InChI is InChI=1S/C18H23FN4OS/c19-16-5-2-1-4-15(16)14-25-13-11-21-17(24)18(6-9-20-10-7-18)23-12-3-8-22-23/h1-5,8,12,20H,6-7,9-11,13-14H2,(H,21,24). The molecular weight excluding hydrogens is 339 g/mol. The summed E-state index contributed by atoms with van der Waals surface area (Å²) < 4.78 is 15.4. The topological polar surface area (TPSA) is 59.0 Å². The molecule has 5 nitrogen and oxygen atoms in total. The van der Waals surface area contributed by atoms with Gasteiger partial charge in [0.15, 0.2) is 0 Å². The Morgan fingerprint density at radius 3 is 2.84 bits per heavy atom. The SMILES string of the molecule is O=C(NCCSCc1ccccc1F)C1(n2cccn2)CCNCC1. The molecule has 7 heteroatoms. The van der Waals surface area contributed by atoms with Crippen LogP contribution in [0.4, 0.5) is 4.39 Å². The lowest BCUT2D eigenvalue weighted by molar-refractivity contribution is -0.131. The van der Waals surface area contributed by atoms with Crippen molar-refractivity contribution in [2.75, 3.05) is 25.4 Å². The van der Waals surface area contributed by atoms with Crippen molar-refractivity contribution in [2.45, 2.75) is 24.1 Å². The van der Waals surface area contributed by atoms with Gasteiger partial charge < -0.3 is 10.6 Å². The number of hydrogen-bond acceptors (Lipinski definition) is 4. The highest BCUT2D eigenvalue weighted by molar-refractivity contribution is 7.98. The lowest BCUT2D eigenvalue weighted by Gasteiger charge is -2.36. The molecule has 0 bridgehead atoms. The van der Waals surface area contributed by atoms with Gasteiger partial charge in [0, 0.05) is 30.4 Å². The van der Waals surface area contributed by atoms with Gasteiger partial charge in [0.1, 0.15) is 11.4 Å². The first-order valence-electron chi connectivity index (χ1n) is 8.53. The fourth-order valence-corrected chi connectivity index (χ4v) is 3.97. The number of aromatic nitrogens is 2. The largest absolute Gasteiger partial charge is 0.353 e. The molecule has 0 saturated carbocycles. The van der Waals surface area contributed by atoms with Gasteiger partial charge in [0.05, 0.1) is 0 Å². The first kappa shape index (κ1) is 17.9. The van der Waals surface area contributed by atoms with Crippen molar-refractivity contribution >= 4 is 17.7 Å². The smallest absolute Gasteiger partial charge is 0.248 e. The van der Waals surface area contributed by atoms with E-state index in [9.17, 15) is 9.18 Å². The summed E-state index contributed by atoms with van der Waals surface area (Å²) in [7, 11) is 0. The number of piperidine rings is 1. The Balaban J connectivity index is 1.50.